The molecule has 2 atom stereocenters. The summed E-state index contributed by atoms with van der Waals surface area (Å²) in [6, 6.07) is 4.49. The van der Waals surface area contributed by atoms with Crippen LogP contribution in [0.1, 0.15) is 35.4 Å². The van der Waals surface area contributed by atoms with Crippen LogP contribution in [0.15, 0.2) is 12.1 Å². The van der Waals surface area contributed by atoms with Crippen molar-refractivity contribution in [3.63, 3.8) is 0 Å². The Bertz CT molecular complexity index is 543. The highest BCUT2D eigenvalue weighted by molar-refractivity contribution is 7.11. The summed E-state index contributed by atoms with van der Waals surface area (Å²) in [6.45, 7) is 10.5. The second kappa shape index (κ2) is 7.42. The first-order valence-electron chi connectivity index (χ1n) is 9.46. The van der Waals surface area contributed by atoms with Crippen molar-refractivity contribution < 1.29 is 9.47 Å². The smallest absolute Gasteiger partial charge is 0.105 e. The third-order valence-corrected chi connectivity index (χ3v) is 6.59. The van der Waals surface area contributed by atoms with Crippen molar-refractivity contribution in [2.24, 2.45) is 0 Å². The maximum Gasteiger partial charge on any atom is 0.105 e. The number of aryl methyl sites for hydroxylation is 1. The van der Waals surface area contributed by atoms with Gasteiger partial charge in [0.15, 0.2) is 0 Å². The van der Waals surface area contributed by atoms with Gasteiger partial charge in [-0.2, -0.15) is 0 Å². The molecule has 134 valence electrons. The minimum absolute atomic E-state index is 0.0762. The zero-order valence-corrected chi connectivity index (χ0v) is 15.7. The van der Waals surface area contributed by atoms with Gasteiger partial charge in [-0.1, -0.05) is 0 Å². The molecule has 0 N–H and O–H groups in total. The molecule has 1 aromatic heterocycles. The Morgan fingerprint density at radius 1 is 1.21 bits per heavy atom. The summed E-state index contributed by atoms with van der Waals surface area (Å²) in [6.07, 6.45) is 5.44. The second-order valence-electron chi connectivity index (χ2n) is 7.74. The minimum atomic E-state index is -0.0762. The number of hydrogen-bond acceptors (Lipinski definition) is 5. The molecule has 0 aromatic carbocycles. The zero-order chi connectivity index (χ0) is 16.4. The summed E-state index contributed by atoms with van der Waals surface area (Å²) in [4.78, 5) is 7.97. The maximum atomic E-state index is 6.60. The van der Waals surface area contributed by atoms with Crippen LogP contribution in [0.25, 0.3) is 0 Å². The number of rotatable bonds is 4. The third-order valence-electron chi connectivity index (χ3n) is 5.60. The Kier molecular flexibility index (Phi) is 5.25. The molecule has 3 aliphatic heterocycles. The molecule has 24 heavy (non-hydrogen) atoms. The first kappa shape index (κ1) is 17.0. The van der Waals surface area contributed by atoms with Gasteiger partial charge in [-0.25, -0.2) is 0 Å². The molecule has 3 saturated heterocycles. The molecular weight excluding hydrogens is 320 g/mol. The third kappa shape index (κ3) is 4.02. The van der Waals surface area contributed by atoms with Gasteiger partial charge in [0.05, 0.1) is 19.3 Å². The summed E-state index contributed by atoms with van der Waals surface area (Å²) in [5, 5.41) is 0. The van der Waals surface area contributed by atoms with E-state index in [0.29, 0.717) is 6.10 Å². The van der Waals surface area contributed by atoms with Gasteiger partial charge in [0.25, 0.3) is 0 Å². The number of nitrogens with zero attached hydrogens (tertiary/aromatic N) is 2. The van der Waals surface area contributed by atoms with Crippen LogP contribution in [0.2, 0.25) is 0 Å². The van der Waals surface area contributed by atoms with Gasteiger partial charge < -0.3 is 14.4 Å². The van der Waals surface area contributed by atoms with Crippen LogP contribution >= 0.6 is 11.3 Å². The van der Waals surface area contributed by atoms with E-state index >= 15 is 0 Å². The Balaban J connectivity index is 1.36. The summed E-state index contributed by atoms with van der Waals surface area (Å²) >= 11 is 1.91. The van der Waals surface area contributed by atoms with Gasteiger partial charge in [-0.05, 0) is 57.8 Å². The first-order chi connectivity index (χ1) is 11.7. The van der Waals surface area contributed by atoms with Crippen molar-refractivity contribution in [1.82, 2.24) is 9.80 Å². The van der Waals surface area contributed by atoms with E-state index in [4.69, 9.17) is 9.47 Å². The molecule has 4 heterocycles. The van der Waals surface area contributed by atoms with E-state index in [0.717, 1.165) is 45.8 Å². The molecule has 4 rings (SSSR count). The molecule has 0 aliphatic carbocycles. The van der Waals surface area contributed by atoms with Crippen molar-refractivity contribution in [3.05, 3.63) is 21.9 Å². The lowest BCUT2D eigenvalue weighted by Crippen LogP contribution is -2.45. The van der Waals surface area contributed by atoms with Gasteiger partial charge >= 0.3 is 0 Å². The van der Waals surface area contributed by atoms with Gasteiger partial charge in [-0.3, -0.25) is 4.90 Å². The zero-order valence-electron chi connectivity index (χ0n) is 14.8. The van der Waals surface area contributed by atoms with Crippen LogP contribution < -0.4 is 0 Å². The maximum absolute atomic E-state index is 6.60. The predicted molar refractivity (Wildman–Crippen MR) is 97.7 cm³/mol. The highest BCUT2D eigenvalue weighted by Crippen LogP contribution is 2.34. The lowest BCUT2D eigenvalue weighted by Gasteiger charge is -2.32. The fourth-order valence-electron chi connectivity index (χ4n) is 4.41. The first-order valence-corrected chi connectivity index (χ1v) is 10.3. The highest BCUT2D eigenvalue weighted by Gasteiger charge is 2.43. The predicted octanol–water partition coefficient (Wildman–Crippen LogP) is 2.90. The van der Waals surface area contributed by atoms with Crippen LogP contribution in [0.5, 0.6) is 0 Å². The fourth-order valence-corrected chi connectivity index (χ4v) is 5.34. The Hall–Kier alpha value is -0.460. The molecule has 0 radical (unpaired) electrons. The summed E-state index contributed by atoms with van der Waals surface area (Å²) in [5.74, 6) is 0. The van der Waals surface area contributed by atoms with Crippen molar-refractivity contribution in [3.8, 4) is 0 Å². The van der Waals surface area contributed by atoms with E-state index < -0.39 is 0 Å². The van der Waals surface area contributed by atoms with Gasteiger partial charge in [-0.15, -0.1) is 11.3 Å². The molecule has 3 fully saturated rings. The second-order valence-corrected chi connectivity index (χ2v) is 9.12. The molecule has 4 nitrogen and oxygen atoms in total. The minimum Gasteiger partial charge on any atom is -0.377 e. The summed E-state index contributed by atoms with van der Waals surface area (Å²) in [5.41, 5.74) is -0.0762. The molecule has 0 amide bonds. The van der Waals surface area contributed by atoms with E-state index in [1.807, 2.05) is 11.3 Å². The molecule has 5 heteroatoms. The average Bonchev–Trinajstić information content (AvgIpc) is 3.25. The van der Waals surface area contributed by atoms with Crippen molar-refractivity contribution >= 4 is 11.3 Å². The van der Waals surface area contributed by atoms with Gasteiger partial charge in [0.1, 0.15) is 5.60 Å². The average molecular weight is 351 g/mol. The van der Waals surface area contributed by atoms with Gasteiger partial charge in [0, 0.05) is 35.9 Å². The van der Waals surface area contributed by atoms with Crippen molar-refractivity contribution in [2.45, 2.75) is 50.9 Å². The van der Waals surface area contributed by atoms with E-state index in [9.17, 15) is 0 Å². The molecule has 0 bridgehead atoms. The summed E-state index contributed by atoms with van der Waals surface area (Å²) in [7, 11) is 0. The standard InChI is InChI=1S/C19H30N2O2S/c1-16-4-5-18(24-16)13-21-10-11-22-15-19(14-21)7-6-17(23-19)12-20-8-2-3-9-20/h4-5,17H,2-3,6-15H2,1H3. The molecule has 2 unspecified atom stereocenters. The molecule has 1 spiro atoms. The Morgan fingerprint density at radius 2 is 2.08 bits per heavy atom. The number of hydrogen-bond donors (Lipinski definition) is 0. The van der Waals surface area contributed by atoms with E-state index in [1.54, 1.807) is 0 Å². The molecular formula is C19H30N2O2S. The quantitative estimate of drug-likeness (QED) is 0.834. The Morgan fingerprint density at radius 3 is 2.88 bits per heavy atom. The number of ether oxygens (including phenoxy) is 2. The largest absolute Gasteiger partial charge is 0.377 e. The lowest BCUT2D eigenvalue weighted by atomic mass is 10.00. The molecule has 3 aliphatic rings. The van der Waals surface area contributed by atoms with Crippen LogP contribution in [-0.2, 0) is 16.0 Å². The van der Waals surface area contributed by atoms with E-state index in [-0.39, 0.29) is 5.60 Å². The summed E-state index contributed by atoms with van der Waals surface area (Å²) < 4.78 is 12.5. The SMILES string of the molecule is Cc1ccc(CN2CCOCC3(CCC(CN4CCCC4)O3)C2)s1. The number of thiophene rings is 1. The lowest BCUT2D eigenvalue weighted by molar-refractivity contribution is -0.0913. The number of likely N-dealkylation sites (tertiary alicyclic amines) is 1. The van der Waals surface area contributed by atoms with E-state index in [1.165, 1.54) is 42.1 Å². The Labute approximate surface area is 149 Å². The van der Waals surface area contributed by atoms with Gasteiger partial charge in [0.2, 0.25) is 0 Å². The highest BCUT2D eigenvalue weighted by atomic mass is 32.1. The van der Waals surface area contributed by atoms with Crippen molar-refractivity contribution in [1.29, 1.82) is 0 Å². The normalized spacial score (nSPS) is 32.6. The monoisotopic (exact) mass is 350 g/mol. The van der Waals surface area contributed by atoms with Crippen LogP contribution in [-0.4, -0.2) is 67.4 Å². The fraction of sp³-hybridized carbons (Fsp3) is 0.789. The van der Waals surface area contributed by atoms with E-state index in [2.05, 4.69) is 28.9 Å². The van der Waals surface area contributed by atoms with Crippen LogP contribution in [0.4, 0.5) is 0 Å². The van der Waals surface area contributed by atoms with Crippen LogP contribution in [0.3, 0.4) is 0 Å². The topological polar surface area (TPSA) is 24.9 Å². The van der Waals surface area contributed by atoms with Crippen LogP contribution in [0, 0.1) is 6.92 Å². The molecule has 0 saturated carbocycles. The molecule has 1 aromatic rings. The van der Waals surface area contributed by atoms with Crippen molar-refractivity contribution in [2.75, 3.05) is 45.9 Å².